The minimum absolute atomic E-state index is 0.114. The summed E-state index contributed by atoms with van der Waals surface area (Å²) in [5.74, 6) is -0.0766. The first-order valence-corrected chi connectivity index (χ1v) is 11.2. The fourth-order valence-electron chi connectivity index (χ4n) is 3.45. The Morgan fingerprint density at radius 1 is 0.931 bits per heavy atom. The molecule has 29 heavy (non-hydrogen) atoms. The second-order valence-electron chi connectivity index (χ2n) is 7.63. The van der Waals surface area contributed by atoms with Crippen molar-refractivity contribution >= 4 is 22.8 Å². The van der Waals surface area contributed by atoms with Gasteiger partial charge in [-0.2, -0.15) is 0 Å². The molecular formula is C24H31NO3S. The van der Waals surface area contributed by atoms with Crippen LogP contribution in [0.15, 0.2) is 60.7 Å². The third kappa shape index (κ3) is 7.67. The quantitative estimate of drug-likeness (QED) is 0.517. The predicted octanol–water partition coefficient (Wildman–Crippen LogP) is 4.92. The minimum atomic E-state index is -0.794. The lowest BCUT2D eigenvalue weighted by atomic mass is 9.96. The van der Waals surface area contributed by atoms with E-state index in [1.54, 1.807) is 6.26 Å². The first-order valence-electron chi connectivity index (χ1n) is 9.97. The smallest absolute Gasteiger partial charge is 0.303 e. The second-order valence-corrected chi connectivity index (χ2v) is 8.44. The molecule has 2 aromatic rings. The maximum absolute atomic E-state index is 12.7. The Bertz CT molecular complexity index is 723. The second kappa shape index (κ2) is 11.8. The van der Waals surface area contributed by atoms with Crippen LogP contribution in [0.2, 0.25) is 0 Å². The zero-order valence-electron chi connectivity index (χ0n) is 17.7. The molecule has 0 N–H and O–H groups in total. The molecule has 0 heterocycles. The number of hydrogen-bond donors (Lipinski definition) is 0. The number of carbonyl (C=O) groups excluding carboxylic acids is 2. The minimum Gasteiger partial charge on any atom is -0.452 e. The molecule has 5 heteroatoms. The largest absolute Gasteiger partial charge is 0.452 e. The molecule has 0 aliphatic carbocycles. The summed E-state index contributed by atoms with van der Waals surface area (Å²) >= 11 is 1.12. The van der Waals surface area contributed by atoms with E-state index >= 15 is 0 Å². The molecule has 0 aliphatic rings. The maximum atomic E-state index is 12.7. The van der Waals surface area contributed by atoms with E-state index in [1.165, 1.54) is 6.92 Å². The number of ether oxygens (including phenoxy) is 1. The van der Waals surface area contributed by atoms with Crippen molar-refractivity contribution in [3.05, 3.63) is 71.8 Å². The fraction of sp³-hybridized carbons (Fsp3) is 0.417. The molecule has 2 rings (SSSR count). The lowest BCUT2D eigenvalue weighted by Crippen LogP contribution is -2.48. The van der Waals surface area contributed by atoms with E-state index in [1.807, 2.05) is 36.4 Å². The van der Waals surface area contributed by atoms with Crippen LogP contribution in [0.5, 0.6) is 0 Å². The first kappa shape index (κ1) is 23.2. The molecule has 0 spiro atoms. The van der Waals surface area contributed by atoms with E-state index in [-0.39, 0.29) is 11.2 Å². The Morgan fingerprint density at radius 2 is 1.41 bits per heavy atom. The summed E-state index contributed by atoms with van der Waals surface area (Å²) in [5, 5.41) is -0.114. The number of thioether (sulfide) groups is 1. The number of rotatable bonds is 10. The highest BCUT2D eigenvalue weighted by atomic mass is 32.2. The molecule has 0 saturated heterocycles. The molecule has 0 aliphatic heterocycles. The summed E-state index contributed by atoms with van der Waals surface area (Å²) in [6.07, 6.45) is 1.70. The van der Waals surface area contributed by atoms with Crippen LogP contribution < -0.4 is 0 Å². The van der Waals surface area contributed by atoms with Gasteiger partial charge in [0.1, 0.15) is 0 Å². The highest BCUT2D eigenvalue weighted by Crippen LogP contribution is 2.25. The number of hydrogen-bond acceptors (Lipinski definition) is 5. The molecule has 0 unspecified atom stereocenters. The Morgan fingerprint density at radius 3 is 1.79 bits per heavy atom. The summed E-state index contributed by atoms with van der Waals surface area (Å²) < 4.78 is 5.57. The zero-order valence-corrected chi connectivity index (χ0v) is 18.5. The van der Waals surface area contributed by atoms with Crippen molar-refractivity contribution < 1.29 is 14.3 Å². The van der Waals surface area contributed by atoms with Crippen LogP contribution in [0.3, 0.4) is 0 Å². The van der Waals surface area contributed by atoms with E-state index in [4.69, 9.17) is 4.74 Å². The lowest BCUT2D eigenvalue weighted by molar-refractivity contribution is -0.155. The van der Waals surface area contributed by atoms with Crippen molar-refractivity contribution in [3.63, 3.8) is 0 Å². The van der Waals surface area contributed by atoms with Gasteiger partial charge in [0, 0.05) is 20.0 Å². The molecule has 2 aromatic carbocycles. The summed E-state index contributed by atoms with van der Waals surface area (Å²) in [7, 11) is 0. The van der Waals surface area contributed by atoms with Gasteiger partial charge in [0.2, 0.25) is 5.12 Å². The van der Waals surface area contributed by atoms with Crippen LogP contribution in [0, 0.1) is 5.92 Å². The Labute approximate surface area is 178 Å². The van der Waals surface area contributed by atoms with Crippen LogP contribution in [0.1, 0.15) is 38.3 Å². The topological polar surface area (TPSA) is 46.6 Å². The van der Waals surface area contributed by atoms with Gasteiger partial charge >= 0.3 is 5.97 Å². The van der Waals surface area contributed by atoms with E-state index in [0.29, 0.717) is 19.0 Å². The van der Waals surface area contributed by atoms with Crippen molar-refractivity contribution in [3.8, 4) is 0 Å². The Kier molecular flexibility index (Phi) is 9.42. The number of carbonyl (C=O) groups is 2. The molecule has 156 valence electrons. The normalized spacial score (nSPS) is 13.3. The van der Waals surface area contributed by atoms with Gasteiger partial charge in [-0.1, -0.05) is 86.3 Å². The third-order valence-electron chi connectivity index (χ3n) is 4.71. The average molecular weight is 414 g/mol. The zero-order chi connectivity index (χ0) is 21.2. The molecule has 0 fully saturated rings. The van der Waals surface area contributed by atoms with Crippen molar-refractivity contribution in [2.45, 2.75) is 52.4 Å². The third-order valence-corrected chi connectivity index (χ3v) is 5.35. The van der Waals surface area contributed by atoms with Gasteiger partial charge < -0.3 is 4.74 Å². The summed E-state index contributed by atoms with van der Waals surface area (Å²) in [6.45, 7) is 6.97. The predicted molar refractivity (Wildman–Crippen MR) is 119 cm³/mol. The van der Waals surface area contributed by atoms with Crippen LogP contribution in [0.25, 0.3) is 0 Å². The number of nitrogens with zero attached hydrogens (tertiary/aromatic N) is 1. The van der Waals surface area contributed by atoms with Gasteiger partial charge in [0.05, 0.1) is 6.04 Å². The van der Waals surface area contributed by atoms with Crippen LogP contribution in [0.4, 0.5) is 0 Å². The van der Waals surface area contributed by atoms with Gasteiger partial charge in [0.15, 0.2) is 6.10 Å². The van der Waals surface area contributed by atoms with Gasteiger partial charge in [-0.25, -0.2) is 0 Å². The molecule has 4 nitrogen and oxygen atoms in total. The van der Waals surface area contributed by atoms with Crippen LogP contribution in [-0.2, 0) is 27.4 Å². The molecular weight excluding hydrogens is 382 g/mol. The lowest BCUT2D eigenvalue weighted by Gasteiger charge is -2.37. The van der Waals surface area contributed by atoms with E-state index in [9.17, 15) is 9.59 Å². The molecule has 2 atom stereocenters. The Hall–Kier alpha value is -2.11. The SMILES string of the molecule is CSC(=O)[C@@H](OC(C)=O)[C@H](CC(C)C)N(Cc1ccccc1)Cc1ccccc1. The van der Waals surface area contributed by atoms with E-state index in [0.717, 1.165) is 29.3 Å². The summed E-state index contributed by atoms with van der Waals surface area (Å²) in [6, 6.07) is 20.2. The van der Waals surface area contributed by atoms with Crippen molar-refractivity contribution in [1.82, 2.24) is 4.90 Å². The van der Waals surface area contributed by atoms with Gasteiger partial charge in [0.25, 0.3) is 0 Å². The van der Waals surface area contributed by atoms with Crippen molar-refractivity contribution in [1.29, 1.82) is 0 Å². The summed E-state index contributed by atoms with van der Waals surface area (Å²) in [5.41, 5.74) is 2.32. The maximum Gasteiger partial charge on any atom is 0.303 e. The van der Waals surface area contributed by atoms with Gasteiger partial charge in [-0.3, -0.25) is 14.5 Å². The van der Waals surface area contributed by atoms with Crippen LogP contribution in [-0.4, -0.2) is 34.4 Å². The van der Waals surface area contributed by atoms with Crippen molar-refractivity contribution in [2.24, 2.45) is 5.92 Å². The molecule has 0 bridgehead atoms. The molecule has 0 amide bonds. The molecule has 0 aromatic heterocycles. The van der Waals surface area contributed by atoms with Gasteiger partial charge in [-0.05, 0) is 29.7 Å². The van der Waals surface area contributed by atoms with Crippen molar-refractivity contribution in [2.75, 3.05) is 6.26 Å². The standard InChI is InChI=1S/C24H31NO3S/c1-18(2)15-22(23(24(27)29-4)28-19(3)26)25(16-20-11-7-5-8-12-20)17-21-13-9-6-10-14-21/h5-14,18,22-23H,15-17H2,1-4H3/t22-,23-/m0/s1. The van der Waals surface area contributed by atoms with Crippen LogP contribution >= 0.6 is 11.8 Å². The Balaban J connectivity index is 2.42. The van der Waals surface area contributed by atoms with E-state index < -0.39 is 12.1 Å². The average Bonchev–Trinajstić information content (AvgIpc) is 2.70. The number of benzene rings is 2. The highest BCUT2D eigenvalue weighted by molar-refractivity contribution is 8.13. The molecule has 0 radical (unpaired) electrons. The number of esters is 1. The van der Waals surface area contributed by atoms with E-state index in [2.05, 4.69) is 43.0 Å². The summed E-state index contributed by atoms with van der Waals surface area (Å²) in [4.78, 5) is 26.8. The highest BCUT2D eigenvalue weighted by Gasteiger charge is 2.35. The monoisotopic (exact) mass is 413 g/mol. The first-order chi connectivity index (χ1) is 13.9. The molecule has 0 saturated carbocycles. The van der Waals surface area contributed by atoms with Gasteiger partial charge in [-0.15, -0.1) is 0 Å². The fourth-order valence-corrected chi connectivity index (χ4v) is 3.89.